The maximum Gasteiger partial charge on any atom is 0.339 e. The van der Waals surface area contributed by atoms with Crippen molar-refractivity contribution >= 4 is 11.9 Å². The summed E-state index contributed by atoms with van der Waals surface area (Å²) < 4.78 is 0. The van der Waals surface area contributed by atoms with Crippen molar-refractivity contribution in [2.75, 3.05) is 0 Å². The molecule has 0 saturated heterocycles. The molecule has 4 N–H and O–H groups in total. The van der Waals surface area contributed by atoms with Gasteiger partial charge in [0.25, 0.3) is 0 Å². The number of hydrogen-bond donors (Lipinski definition) is 4. The number of benzene rings is 2. The zero-order valence-electron chi connectivity index (χ0n) is 20.5. The van der Waals surface area contributed by atoms with E-state index in [1.54, 1.807) is 12.1 Å². The van der Waals surface area contributed by atoms with Crippen LogP contribution in [0.1, 0.15) is 122 Å². The fraction of sp³-hybridized carbons (Fsp3) is 0.462. The van der Waals surface area contributed by atoms with Crippen molar-refractivity contribution in [3.63, 3.8) is 0 Å². The second kappa shape index (κ2) is 12.7. The number of carbonyl (C=O) groups is 2. The van der Waals surface area contributed by atoms with Gasteiger partial charge in [0, 0.05) is 28.2 Å². The Morgan fingerprint density at radius 3 is 1.03 bits per heavy atom. The fourth-order valence-electron chi connectivity index (χ4n) is 3.81. The summed E-state index contributed by atoms with van der Waals surface area (Å²) in [5.74, 6) is -1.60. The van der Waals surface area contributed by atoms with Crippen molar-refractivity contribution in [3.05, 3.63) is 57.6 Å². The second-order valence-corrected chi connectivity index (χ2v) is 9.16. The van der Waals surface area contributed by atoms with Crippen molar-refractivity contribution in [2.45, 2.75) is 79.1 Å². The molecule has 0 unspecified atom stereocenters. The summed E-state index contributed by atoms with van der Waals surface area (Å²) in [6, 6.07) is 6.53. The van der Waals surface area contributed by atoms with Gasteiger partial charge in [0.15, 0.2) is 0 Å². The molecule has 2 aromatic rings. The van der Waals surface area contributed by atoms with E-state index in [2.05, 4.69) is 0 Å². The van der Waals surface area contributed by atoms with Crippen LogP contribution < -0.4 is 0 Å². The number of rotatable bonds is 6. The first-order chi connectivity index (χ1) is 14.7. The number of aromatic carboxylic acids is 2. The van der Waals surface area contributed by atoms with Crippen LogP contribution in [-0.2, 0) is 17.1 Å². The van der Waals surface area contributed by atoms with Crippen LogP contribution in [0.2, 0.25) is 0 Å². The minimum Gasteiger partial charge on any atom is -0.507 e. The summed E-state index contributed by atoms with van der Waals surface area (Å²) in [4.78, 5) is 21.8. The first-order valence-electron chi connectivity index (χ1n) is 10.9. The third kappa shape index (κ3) is 7.24. The van der Waals surface area contributed by atoms with Gasteiger partial charge >= 0.3 is 11.9 Å². The monoisotopic (exact) mass is 507 g/mol. The smallest absolute Gasteiger partial charge is 0.339 e. The molecular formula is C26H36CuO6. The summed E-state index contributed by atoms with van der Waals surface area (Å²) in [7, 11) is 0. The number of phenols is 2. The second-order valence-electron chi connectivity index (χ2n) is 9.16. The summed E-state index contributed by atoms with van der Waals surface area (Å²) in [5.41, 5.74) is 3.47. The normalized spacial score (nSPS) is 10.8. The van der Waals surface area contributed by atoms with Gasteiger partial charge in [-0.2, -0.15) is 0 Å². The molecule has 0 aliphatic heterocycles. The predicted molar refractivity (Wildman–Crippen MR) is 126 cm³/mol. The van der Waals surface area contributed by atoms with Crippen LogP contribution in [0.15, 0.2) is 24.3 Å². The zero-order chi connectivity index (χ0) is 24.9. The summed E-state index contributed by atoms with van der Waals surface area (Å²) in [5, 5.41) is 37.8. The Labute approximate surface area is 207 Å². The van der Waals surface area contributed by atoms with Crippen molar-refractivity contribution in [2.24, 2.45) is 0 Å². The van der Waals surface area contributed by atoms with E-state index in [9.17, 15) is 19.8 Å². The largest absolute Gasteiger partial charge is 0.507 e. The molecule has 6 nitrogen and oxygen atoms in total. The number of hydrogen-bond acceptors (Lipinski definition) is 4. The minimum atomic E-state index is -1.09. The number of carboxylic acids is 2. The van der Waals surface area contributed by atoms with Gasteiger partial charge in [-0.3, -0.25) is 0 Å². The topological polar surface area (TPSA) is 115 Å². The Hall–Kier alpha value is -2.50. The Bertz CT molecular complexity index is 898. The van der Waals surface area contributed by atoms with Crippen molar-refractivity contribution in [1.82, 2.24) is 0 Å². The van der Waals surface area contributed by atoms with Gasteiger partial charge in [0.05, 0.1) is 0 Å². The van der Waals surface area contributed by atoms with Crippen LogP contribution in [-0.4, -0.2) is 32.4 Å². The van der Waals surface area contributed by atoms with E-state index in [0.717, 1.165) is 22.3 Å². The summed E-state index contributed by atoms with van der Waals surface area (Å²) in [6.07, 6.45) is 0. The molecule has 33 heavy (non-hydrogen) atoms. The van der Waals surface area contributed by atoms with Gasteiger partial charge in [-0.25, -0.2) is 9.59 Å². The first-order valence-corrected chi connectivity index (χ1v) is 10.9. The summed E-state index contributed by atoms with van der Waals surface area (Å²) >= 11 is 0. The molecule has 0 bridgehead atoms. The molecule has 0 spiro atoms. The molecule has 2 aromatic carbocycles. The molecule has 1 radical (unpaired) electrons. The molecule has 0 fully saturated rings. The number of aromatic hydroxyl groups is 2. The van der Waals surface area contributed by atoms with Crippen molar-refractivity contribution in [3.8, 4) is 11.5 Å². The van der Waals surface area contributed by atoms with E-state index in [1.807, 2.05) is 55.4 Å². The van der Waals surface area contributed by atoms with Crippen molar-refractivity contribution in [1.29, 1.82) is 0 Å². The van der Waals surface area contributed by atoms with Gasteiger partial charge in [-0.1, -0.05) is 67.5 Å². The number of carboxylic acid groups (broad SMARTS) is 2. The Morgan fingerprint density at radius 1 is 0.576 bits per heavy atom. The van der Waals surface area contributed by atoms with Gasteiger partial charge in [-0.15, -0.1) is 0 Å². The molecule has 0 atom stereocenters. The van der Waals surface area contributed by atoms with E-state index in [0.29, 0.717) is 0 Å². The van der Waals surface area contributed by atoms with Gasteiger partial charge in [0.1, 0.15) is 22.6 Å². The molecule has 2 rings (SSSR count). The predicted octanol–water partition coefficient (Wildman–Crippen LogP) is 6.67. The molecule has 0 heterocycles. The Kier molecular flexibility index (Phi) is 11.7. The zero-order valence-corrected chi connectivity index (χ0v) is 21.5. The fourth-order valence-corrected chi connectivity index (χ4v) is 3.81. The molecule has 187 valence electrons. The molecule has 7 heteroatoms. The maximum absolute atomic E-state index is 10.9. The van der Waals surface area contributed by atoms with Crippen LogP contribution in [0.25, 0.3) is 0 Å². The average Bonchev–Trinajstić information content (AvgIpc) is 2.66. The SMILES string of the molecule is CC(C)c1ccc(C(=O)O)c(O)c1C(C)C.CC(C)c1ccc(C(=O)O)c(O)c1C(C)C.[Cu]. The van der Waals surface area contributed by atoms with Gasteiger partial charge < -0.3 is 20.4 Å². The molecule has 0 aliphatic rings. The molecule has 0 saturated carbocycles. The Morgan fingerprint density at radius 2 is 0.848 bits per heavy atom. The molecule has 0 aliphatic carbocycles. The van der Waals surface area contributed by atoms with Crippen LogP contribution in [0.5, 0.6) is 11.5 Å². The van der Waals surface area contributed by atoms with E-state index >= 15 is 0 Å². The van der Waals surface area contributed by atoms with Crippen LogP contribution in [0.4, 0.5) is 0 Å². The van der Waals surface area contributed by atoms with E-state index in [-0.39, 0.29) is 63.4 Å². The van der Waals surface area contributed by atoms with Gasteiger partial charge in [0.2, 0.25) is 0 Å². The van der Waals surface area contributed by atoms with Gasteiger partial charge in [-0.05, 0) is 46.9 Å². The maximum atomic E-state index is 10.9. The quantitative estimate of drug-likeness (QED) is 0.324. The van der Waals surface area contributed by atoms with Crippen LogP contribution >= 0.6 is 0 Å². The molecule has 0 aromatic heterocycles. The molecular weight excluding hydrogens is 472 g/mol. The summed E-state index contributed by atoms with van der Waals surface area (Å²) in [6.45, 7) is 15.9. The average molecular weight is 508 g/mol. The third-order valence-electron chi connectivity index (χ3n) is 5.36. The van der Waals surface area contributed by atoms with E-state index in [4.69, 9.17) is 10.2 Å². The molecule has 0 amide bonds. The van der Waals surface area contributed by atoms with E-state index in [1.165, 1.54) is 12.1 Å². The standard InChI is InChI=1S/2C13H18O3.Cu/c2*1-7(2)9-5-6-10(13(15)16)12(14)11(9)8(3)4;/h2*5-8,14H,1-4H3,(H,15,16);. The Balaban J connectivity index is 0.000000602. The first kappa shape index (κ1) is 30.5. The van der Waals surface area contributed by atoms with E-state index < -0.39 is 11.9 Å². The van der Waals surface area contributed by atoms with Crippen LogP contribution in [0, 0.1) is 0 Å². The third-order valence-corrected chi connectivity index (χ3v) is 5.36. The van der Waals surface area contributed by atoms with Crippen LogP contribution in [0.3, 0.4) is 0 Å². The van der Waals surface area contributed by atoms with Crippen molar-refractivity contribution < 1.29 is 47.1 Å². The minimum absolute atomic E-state index is 0.